The number of nitrogens with two attached hydrogens (primary N) is 2. The number of urea groups is 1. The van der Waals surface area contributed by atoms with E-state index in [1.165, 1.54) is 0 Å². The van der Waals surface area contributed by atoms with Crippen molar-refractivity contribution in [3.63, 3.8) is 0 Å². The van der Waals surface area contributed by atoms with Crippen molar-refractivity contribution in [3.8, 4) is 5.75 Å². The molecule has 0 saturated carbocycles. The molecule has 0 radical (unpaired) electrons. The van der Waals surface area contributed by atoms with Crippen LogP contribution in [0.5, 0.6) is 5.75 Å². The lowest BCUT2D eigenvalue weighted by molar-refractivity contribution is 0.00578. The number of anilines is 1. The van der Waals surface area contributed by atoms with Crippen LogP contribution in [-0.2, 0) is 15.9 Å². The Hall–Kier alpha value is -2.30. The molecule has 172 valence electrons. The molecule has 1 saturated heterocycles. The van der Waals surface area contributed by atoms with E-state index < -0.39 is 24.4 Å². The number of hydrogen-bond acceptors (Lipinski definition) is 6. The maximum Gasteiger partial charge on any atom is 0.495 e. The van der Waals surface area contributed by atoms with Gasteiger partial charge in [-0.3, -0.25) is 5.43 Å². The molecule has 3 rings (SSSR count). The molecule has 0 aliphatic carbocycles. The Kier molecular flexibility index (Phi) is 6.79. The Labute approximate surface area is 194 Å². The van der Waals surface area contributed by atoms with Crippen molar-refractivity contribution in [3.05, 3.63) is 52.0 Å². The number of benzene rings is 2. The zero-order chi connectivity index (χ0) is 23.8. The second-order valence-electron chi connectivity index (χ2n) is 8.91. The van der Waals surface area contributed by atoms with Crippen molar-refractivity contribution < 1.29 is 18.8 Å². The van der Waals surface area contributed by atoms with Gasteiger partial charge in [-0.05, 0) is 76.3 Å². The molecule has 10 heteroatoms. The van der Waals surface area contributed by atoms with Crippen molar-refractivity contribution in [2.75, 3.05) is 5.01 Å². The van der Waals surface area contributed by atoms with Gasteiger partial charge in [-0.25, -0.2) is 21.5 Å². The summed E-state index contributed by atoms with van der Waals surface area (Å²) < 4.78 is 18.5. The molecule has 1 aliphatic heterocycles. The van der Waals surface area contributed by atoms with E-state index in [-0.39, 0.29) is 6.61 Å². The van der Waals surface area contributed by atoms with Gasteiger partial charge in [-0.1, -0.05) is 23.7 Å². The number of carbonyl (C=O) groups excluding carboxylic acids is 1. The van der Waals surface area contributed by atoms with Gasteiger partial charge in [0.25, 0.3) is 0 Å². The Morgan fingerprint density at radius 3 is 2.38 bits per heavy atom. The summed E-state index contributed by atoms with van der Waals surface area (Å²) in [6.45, 7) is 12.2. The average Bonchev–Trinajstić information content (AvgIpc) is 2.94. The third-order valence-electron chi connectivity index (χ3n) is 6.14. The fourth-order valence-corrected chi connectivity index (χ4v) is 3.66. The van der Waals surface area contributed by atoms with Crippen molar-refractivity contribution in [2.45, 2.75) is 59.4 Å². The number of aryl methyl sites for hydroxylation is 2. The fourth-order valence-electron chi connectivity index (χ4n) is 3.44. The van der Waals surface area contributed by atoms with E-state index in [1.807, 2.05) is 59.1 Å². The van der Waals surface area contributed by atoms with Crippen LogP contribution in [0.3, 0.4) is 0 Å². The molecule has 0 bridgehead atoms. The minimum absolute atomic E-state index is 0.108. The second-order valence-corrected chi connectivity index (χ2v) is 9.32. The molecule has 0 unspecified atom stereocenters. The molecular weight excluding hydrogens is 431 g/mol. The summed E-state index contributed by atoms with van der Waals surface area (Å²) in [5, 5.41) is 1.32. The number of nitrogens with zero attached hydrogens (tertiary/aromatic N) is 1. The first kappa shape index (κ1) is 24.3. The van der Waals surface area contributed by atoms with Gasteiger partial charge >= 0.3 is 13.1 Å². The van der Waals surface area contributed by atoms with E-state index in [0.717, 1.165) is 21.6 Å². The van der Waals surface area contributed by atoms with Crippen molar-refractivity contribution in [1.82, 2.24) is 5.43 Å². The highest BCUT2D eigenvalue weighted by molar-refractivity contribution is 6.62. The van der Waals surface area contributed by atoms with Gasteiger partial charge in [0.2, 0.25) is 0 Å². The molecule has 5 N–H and O–H groups in total. The predicted molar refractivity (Wildman–Crippen MR) is 127 cm³/mol. The summed E-state index contributed by atoms with van der Waals surface area (Å²) >= 11 is 6.37. The van der Waals surface area contributed by atoms with Crippen molar-refractivity contribution in [1.29, 1.82) is 0 Å². The highest BCUT2D eigenvalue weighted by atomic mass is 35.5. The summed E-state index contributed by atoms with van der Waals surface area (Å²) in [6, 6.07) is 8.35. The van der Waals surface area contributed by atoms with Gasteiger partial charge in [-0.15, -0.1) is 0 Å². The van der Waals surface area contributed by atoms with Gasteiger partial charge in [0.1, 0.15) is 12.4 Å². The summed E-state index contributed by atoms with van der Waals surface area (Å²) in [5.41, 5.74) is 4.97. The van der Waals surface area contributed by atoms with E-state index >= 15 is 0 Å². The Balaban J connectivity index is 1.84. The molecule has 1 aliphatic rings. The van der Waals surface area contributed by atoms with Gasteiger partial charge in [0.15, 0.2) is 0 Å². The van der Waals surface area contributed by atoms with Crippen LogP contribution in [0, 0.1) is 13.8 Å². The molecule has 0 aromatic heterocycles. The van der Waals surface area contributed by atoms with Crippen molar-refractivity contribution >= 4 is 35.9 Å². The van der Waals surface area contributed by atoms with Crippen LogP contribution in [0.2, 0.25) is 5.02 Å². The minimum Gasteiger partial charge on any atom is -0.488 e. The molecule has 0 atom stereocenters. The van der Waals surface area contributed by atoms with Crippen LogP contribution in [0.1, 0.15) is 44.4 Å². The highest BCUT2D eigenvalue weighted by Crippen LogP contribution is 2.37. The number of halogens is 1. The Morgan fingerprint density at radius 1 is 1.16 bits per heavy atom. The Morgan fingerprint density at radius 2 is 1.78 bits per heavy atom. The zero-order valence-corrected chi connectivity index (χ0v) is 20.0. The van der Waals surface area contributed by atoms with Crippen LogP contribution in [0.4, 0.5) is 10.5 Å². The molecule has 2 amide bonds. The minimum atomic E-state index is -0.674. The summed E-state index contributed by atoms with van der Waals surface area (Å²) in [6.07, 6.45) is 0. The first-order chi connectivity index (χ1) is 14.9. The quantitative estimate of drug-likeness (QED) is 0.273. The molecular formula is C22H30BClN4O4. The van der Waals surface area contributed by atoms with Crippen LogP contribution >= 0.6 is 11.6 Å². The van der Waals surface area contributed by atoms with Crippen LogP contribution in [0.25, 0.3) is 0 Å². The molecule has 8 nitrogen and oxygen atoms in total. The van der Waals surface area contributed by atoms with E-state index in [0.29, 0.717) is 22.0 Å². The molecule has 1 heterocycles. The first-order valence-corrected chi connectivity index (χ1v) is 10.7. The summed E-state index contributed by atoms with van der Waals surface area (Å²) in [7, 11) is -0.455. The molecule has 1 fully saturated rings. The van der Waals surface area contributed by atoms with E-state index in [1.54, 1.807) is 18.2 Å². The number of ether oxygens (including phenoxy) is 1. The normalized spacial score (nSPS) is 16.7. The van der Waals surface area contributed by atoms with E-state index in [4.69, 9.17) is 37.3 Å². The van der Waals surface area contributed by atoms with Crippen LogP contribution in [0.15, 0.2) is 30.3 Å². The standard InChI is InChI=1S/C22H30BClN4O4/c1-13-11-19(14(2)10-16(13)23-31-21(3,4)22(5,6)32-23)30-12-15-17(24)8-7-9-18(15)28(26)20(29)27-25/h7-11H,12,25-26H2,1-6H3,(H,27,29). The number of nitrogens with one attached hydrogen (secondary N) is 1. The van der Waals surface area contributed by atoms with Gasteiger partial charge in [0, 0.05) is 10.6 Å². The average molecular weight is 461 g/mol. The lowest BCUT2D eigenvalue weighted by Crippen LogP contribution is -2.48. The summed E-state index contributed by atoms with van der Waals surface area (Å²) in [4.78, 5) is 11.9. The maximum absolute atomic E-state index is 11.9. The van der Waals surface area contributed by atoms with Crippen molar-refractivity contribution in [2.24, 2.45) is 11.7 Å². The van der Waals surface area contributed by atoms with E-state index in [9.17, 15) is 4.79 Å². The fraction of sp³-hybridized carbons (Fsp3) is 0.409. The van der Waals surface area contributed by atoms with Crippen LogP contribution in [-0.4, -0.2) is 24.4 Å². The lowest BCUT2D eigenvalue weighted by Gasteiger charge is -2.32. The second kappa shape index (κ2) is 8.92. The van der Waals surface area contributed by atoms with Gasteiger partial charge in [-0.2, -0.15) is 0 Å². The maximum atomic E-state index is 11.9. The number of carbonyl (C=O) groups is 1. The molecule has 2 aromatic rings. The number of rotatable bonds is 5. The number of hydrazine groups is 2. The highest BCUT2D eigenvalue weighted by Gasteiger charge is 2.52. The number of amides is 2. The Bertz CT molecular complexity index is 1020. The molecule has 2 aromatic carbocycles. The summed E-state index contributed by atoms with van der Waals surface area (Å²) in [5.74, 6) is 11.7. The largest absolute Gasteiger partial charge is 0.495 e. The topological polar surface area (TPSA) is 112 Å². The molecule has 32 heavy (non-hydrogen) atoms. The smallest absolute Gasteiger partial charge is 0.488 e. The number of hydrogen-bond donors (Lipinski definition) is 3. The lowest BCUT2D eigenvalue weighted by atomic mass is 9.75. The monoisotopic (exact) mass is 460 g/mol. The molecule has 0 spiro atoms. The van der Waals surface area contributed by atoms with Gasteiger partial charge < -0.3 is 14.0 Å². The predicted octanol–water partition coefficient (Wildman–Crippen LogP) is 3.10. The van der Waals surface area contributed by atoms with Crippen LogP contribution < -0.4 is 32.3 Å². The third kappa shape index (κ3) is 4.58. The first-order valence-electron chi connectivity index (χ1n) is 10.3. The SMILES string of the molecule is Cc1cc(B2OC(C)(C)C(C)(C)O2)c(C)cc1OCc1c(Cl)cccc1N(N)C(=O)NN. The van der Waals surface area contributed by atoms with Gasteiger partial charge in [0.05, 0.1) is 16.9 Å². The zero-order valence-electron chi connectivity index (χ0n) is 19.3. The third-order valence-corrected chi connectivity index (χ3v) is 6.49. The van der Waals surface area contributed by atoms with E-state index in [2.05, 4.69) is 0 Å².